The molecule has 1 aromatic rings. The highest BCUT2D eigenvalue weighted by Crippen LogP contribution is 2.30. The Labute approximate surface area is 125 Å². The van der Waals surface area contributed by atoms with E-state index in [0.717, 1.165) is 24.8 Å². The van der Waals surface area contributed by atoms with Crippen LogP contribution in [-0.4, -0.2) is 30.1 Å². The summed E-state index contributed by atoms with van der Waals surface area (Å²) in [7, 11) is 0. The van der Waals surface area contributed by atoms with Gasteiger partial charge >= 0.3 is 6.03 Å². The molecule has 1 aliphatic heterocycles. The fourth-order valence-electron chi connectivity index (χ4n) is 3.27. The summed E-state index contributed by atoms with van der Waals surface area (Å²) in [6.07, 6.45) is 8.50. The second kappa shape index (κ2) is 5.79. The Hall–Kier alpha value is -1.99. The highest BCUT2D eigenvalue weighted by Gasteiger charge is 2.34. The quantitative estimate of drug-likeness (QED) is 0.811. The van der Waals surface area contributed by atoms with Crippen LogP contribution in [-0.2, 0) is 6.42 Å². The number of urea groups is 1. The number of nitrogens with two attached hydrogens (primary N) is 1. The third-order valence-electron chi connectivity index (χ3n) is 4.60. The van der Waals surface area contributed by atoms with Gasteiger partial charge in [0, 0.05) is 12.6 Å². The molecular formula is C17H21N3O. The van der Waals surface area contributed by atoms with E-state index in [0.29, 0.717) is 19.0 Å². The minimum atomic E-state index is -0.264. The van der Waals surface area contributed by atoms with Crippen molar-refractivity contribution in [2.75, 3.05) is 13.1 Å². The van der Waals surface area contributed by atoms with Crippen molar-refractivity contribution in [3.63, 3.8) is 0 Å². The molecule has 0 bridgehead atoms. The fraction of sp³-hybridized carbons (Fsp3) is 0.471. The molecule has 0 aromatic heterocycles. The Balaban J connectivity index is 1.69. The first kappa shape index (κ1) is 14.0. The lowest BCUT2D eigenvalue weighted by atomic mass is 9.80. The molecule has 4 nitrogen and oxygen atoms in total. The summed E-state index contributed by atoms with van der Waals surface area (Å²) in [5.41, 5.74) is 7.94. The lowest BCUT2D eigenvalue weighted by molar-refractivity contribution is 0.161. The van der Waals surface area contributed by atoms with Gasteiger partial charge in [0.15, 0.2) is 0 Å². The Morgan fingerprint density at radius 2 is 2.19 bits per heavy atom. The molecule has 110 valence electrons. The van der Waals surface area contributed by atoms with Crippen LogP contribution in [0.1, 0.15) is 30.0 Å². The van der Waals surface area contributed by atoms with E-state index < -0.39 is 0 Å². The summed E-state index contributed by atoms with van der Waals surface area (Å²) < 4.78 is 0. The molecule has 0 saturated heterocycles. The molecule has 1 atom stereocenters. The van der Waals surface area contributed by atoms with Crippen molar-refractivity contribution < 1.29 is 4.79 Å². The molecule has 3 rings (SSSR count). The number of carbonyl (C=O) groups excluding carboxylic acids is 1. The molecule has 0 radical (unpaired) electrons. The number of hydrogen-bond donors (Lipinski definition) is 2. The molecule has 2 amide bonds. The highest BCUT2D eigenvalue weighted by molar-refractivity contribution is 5.76. The Kier molecular flexibility index (Phi) is 3.85. The number of fused-ring (bicyclic) bond motifs is 1. The number of nitrogens with one attached hydrogen (secondary N) is 1. The van der Waals surface area contributed by atoms with E-state index in [4.69, 9.17) is 12.2 Å². The molecule has 0 unspecified atom stereocenters. The molecule has 3 N–H and O–H groups in total. The number of rotatable bonds is 2. The van der Waals surface area contributed by atoms with Crippen LogP contribution in [0, 0.1) is 18.3 Å². The van der Waals surface area contributed by atoms with Gasteiger partial charge in [-0.2, -0.15) is 0 Å². The summed E-state index contributed by atoms with van der Waals surface area (Å²) in [4.78, 5) is 14.2. The summed E-state index contributed by atoms with van der Waals surface area (Å²) in [6, 6.07) is 8.04. The van der Waals surface area contributed by atoms with E-state index in [9.17, 15) is 4.79 Å². The second-order valence-electron chi connectivity index (χ2n) is 5.93. The number of hydrogen-bond acceptors (Lipinski definition) is 2. The van der Waals surface area contributed by atoms with Crippen LogP contribution in [0.15, 0.2) is 24.3 Å². The SMILES string of the molecule is C#C[C@H]1c2ccccc2CCN1C(=O)N[C@H]1C[C@@H](CN)C1. The van der Waals surface area contributed by atoms with Crippen LogP contribution >= 0.6 is 0 Å². The van der Waals surface area contributed by atoms with E-state index in [1.807, 2.05) is 18.2 Å². The molecule has 1 aliphatic carbocycles. The molecule has 1 saturated carbocycles. The predicted octanol–water partition coefficient (Wildman–Crippen LogP) is 1.67. The van der Waals surface area contributed by atoms with Crippen molar-refractivity contribution in [3.8, 4) is 12.3 Å². The molecule has 1 heterocycles. The van der Waals surface area contributed by atoms with Gasteiger partial charge in [0.2, 0.25) is 0 Å². The van der Waals surface area contributed by atoms with E-state index in [1.165, 1.54) is 5.56 Å². The van der Waals surface area contributed by atoms with Gasteiger partial charge < -0.3 is 16.0 Å². The molecule has 2 aliphatic rings. The first-order valence-electron chi connectivity index (χ1n) is 7.54. The maximum absolute atomic E-state index is 12.5. The van der Waals surface area contributed by atoms with Crippen LogP contribution in [0.2, 0.25) is 0 Å². The summed E-state index contributed by atoms with van der Waals surface area (Å²) in [5, 5.41) is 3.08. The van der Waals surface area contributed by atoms with Crippen molar-refractivity contribution in [2.24, 2.45) is 11.7 Å². The first-order valence-corrected chi connectivity index (χ1v) is 7.54. The number of amides is 2. The van der Waals surface area contributed by atoms with Gasteiger partial charge in [-0.1, -0.05) is 30.2 Å². The van der Waals surface area contributed by atoms with Crippen LogP contribution < -0.4 is 11.1 Å². The predicted molar refractivity (Wildman–Crippen MR) is 82.5 cm³/mol. The molecule has 21 heavy (non-hydrogen) atoms. The third-order valence-corrected chi connectivity index (χ3v) is 4.60. The number of terminal acetylenes is 1. The summed E-state index contributed by atoms with van der Waals surface area (Å²) in [5.74, 6) is 3.32. The molecule has 0 spiro atoms. The molecule has 1 aromatic carbocycles. The zero-order valence-corrected chi connectivity index (χ0v) is 12.1. The Morgan fingerprint density at radius 3 is 2.90 bits per heavy atom. The van der Waals surface area contributed by atoms with E-state index >= 15 is 0 Å². The highest BCUT2D eigenvalue weighted by atomic mass is 16.2. The second-order valence-corrected chi connectivity index (χ2v) is 5.93. The van der Waals surface area contributed by atoms with E-state index in [2.05, 4.69) is 17.3 Å². The third kappa shape index (κ3) is 2.62. The molecule has 4 heteroatoms. The van der Waals surface area contributed by atoms with Gasteiger partial charge in [0.25, 0.3) is 0 Å². The lowest BCUT2D eigenvalue weighted by Crippen LogP contribution is -2.52. The van der Waals surface area contributed by atoms with Crippen molar-refractivity contribution in [1.82, 2.24) is 10.2 Å². The standard InChI is InChI=1S/C17H21N3O/c1-2-16-15-6-4-3-5-13(15)7-8-20(16)17(21)19-14-9-12(10-14)11-18/h1,3-6,12,14,16H,7-11,18H2,(H,19,21)/t12-,14+,16-/m0/s1. The van der Waals surface area contributed by atoms with Crippen LogP contribution in [0.5, 0.6) is 0 Å². The Morgan fingerprint density at radius 1 is 1.43 bits per heavy atom. The minimum Gasteiger partial charge on any atom is -0.335 e. The molecular weight excluding hydrogens is 262 g/mol. The maximum Gasteiger partial charge on any atom is 0.318 e. The van der Waals surface area contributed by atoms with Crippen molar-refractivity contribution in [3.05, 3.63) is 35.4 Å². The molecule has 1 fully saturated rings. The van der Waals surface area contributed by atoms with Crippen LogP contribution in [0.4, 0.5) is 4.79 Å². The monoisotopic (exact) mass is 283 g/mol. The summed E-state index contributed by atoms with van der Waals surface area (Å²) >= 11 is 0. The van der Waals surface area contributed by atoms with E-state index in [1.54, 1.807) is 4.90 Å². The average Bonchev–Trinajstić information content (AvgIpc) is 2.48. The van der Waals surface area contributed by atoms with Gasteiger partial charge in [0.1, 0.15) is 6.04 Å². The normalized spacial score (nSPS) is 27.2. The maximum atomic E-state index is 12.5. The van der Waals surface area contributed by atoms with Gasteiger partial charge in [-0.15, -0.1) is 6.42 Å². The number of benzene rings is 1. The summed E-state index contributed by atoms with van der Waals surface area (Å²) in [6.45, 7) is 1.38. The van der Waals surface area contributed by atoms with Crippen LogP contribution in [0.25, 0.3) is 0 Å². The number of carbonyl (C=O) groups is 1. The van der Waals surface area contributed by atoms with Crippen LogP contribution in [0.3, 0.4) is 0 Å². The minimum absolute atomic E-state index is 0.0482. The lowest BCUT2D eigenvalue weighted by Gasteiger charge is -2.39. The zero-order chi connectivity index (χ0) is 14.8. The van der Waals surface area contributed by atoms with Gasteiger partial charge in [-0.05, 0) is 42.9 Å². The first-order chi connectivity index (χ1) is 10.2. The largest absolute Gasteiger partial charge is 0.335 e. The fourth-order valence-corrected chi connectivity index (χ4v) is 3.27. The van der Waals surface area contributed by atoms with Crippen molar-refractivity contribution >= 4 is 6.03 Å². The number of nitrogens with zero attached hydrogens (tertiary/aromatic N) is 1. The van der Waals surface area contributed by atoms with Crippen molar-refractivity contribution in [2.45, 2.75) is 31.3 Å². The zero-order valence-electron chi connectivity index (χ0n) is 12.1. The Bertz CT molecular complexity index is 572. The smallest absolute Gasteiger partial charge is 0.318 e. The van der Waals surface area contributed by atoms with Gasteiger partial charge in [-0.3, -0.25) is 0 Å². The van der Waals surface area contributed by atoms with Gasteiger partial charge in [0.05, 0.1) is 0 Å². The van der Waals surface area contributed by atoms with Gasteiger partial charge in [-0.25, -0.2) is 4.79 Å². The van der Waals surface area contributed by atoms with E-state index in [-0.39, 0.29) is 18.1 Å². The topological polar surface area (TPSA) is 58.4 Å². The van der Waals surface area contributed by atoms with Crippen molar-refractivity contribution in [1.29, 1.82) is 0 Å². The average molecular weight is 283 g/mol.